The topological polar surface area (TPSA) is 0 Å². The zero-order valence-electron chi connectivity index (χ0n) is 32.7. The van der Waals surface area contributed by atoms with Crippen molar-refractivity contribution in [1.29, 1.82) is 0 Å². The van der Waals surface area contributed by atoms with E-state index in [4.69, 9.17) is 0 Å². The molecule has 266 valence electrons. The van der Waals surface area contributed by atoms with Gasteiger partial charge in [-0.3, -0.25) is 0 Å². The van der Waals surface area contributed by atoms with Gasteiger partial charge in [0.15, 0.2) is 0 Å². The third-order valence-electron chi connectivity index (χ3n) is 11.5. The molecule has 0 bridgehead atoms. The Morgan fingerprint density at radius 2 is 0.364 bits per heavy atom. The van der Waals surface area contributed by atoms with Crippen LogP contribution in [-0.2, 0) is 0 Å². The highest BCUT2D eigenvalue weighted by atomic mass is 14.3. The van der Waals surface area contributed by atoms with E-state index in [0.29, 0.717) is 0 Å². The third-order valence-corrected chi connectivity index (χ3v) is 11.5. The summed E-state index contributed by atoms with van der Waals surface area (Å²) in [7, 11) is 0. The number of rotatable bonds is 1. The van der Waals surface area contributed by atoms with E-state index in [9.17, 15) is 0 Å². The first-order chi connectivity index (χ1) is 21.5. The van der Waals surface area contributed by atoms with Gasteiger partial charge in [-0.15, -0.1) is 0 Å². The van der Waals surface area contributed by atoms with Crippen molar-refractivity contribution in [2.24, 2.45) is 35.5 Å². The Labute approximate surface area is 282 Å². The van der Waals surface area contributed by atoms with Crippen LogP contribution < -0.4 is 0 Å². The lowest BCUT2D eigenvalue weighted by Crippen LogP contribution is -2.18. The summed E-state index contributed by atoms with van der Waals surface area (Å²) in [5.74, 6) is 6.31. The van der Waals surface area contributed by atoms with Gasteiger partial charge in [-0.05, 0) is 35.5 Å². The molecule has 0 amide bonds. The quantitative estimate of drug-likeness (QED) is 0.274. The molecule has 0 aromatic rings. The average Bonchev–Trinajstić information content (AvgIpc) is 2.97. The van der Waals surface area contributed by atoms with Crippen LogP contribution in [0.4, 0.5) is 0 Å². The molecular formula is C44H90. The van der Waals surface area contributed by atoms with E-state index in [1.807, 2.05) is 27.7 Å². The minimum Gasteiger partial charge on any atom is -0.0683 e. The lowest BCUT2D eigenvalue weighted by atomic mass is 9.75. The summed E-state index contributed by atoms with van der Waals surface area (Å²) in [6, 6.07) is 0. The molecule has 0 heterocycles. The maximum absolute atomic E-state index is 2.45. The van der Waals surface area contributed by atoms with Gasteiger partial charge in [-0.1, -0.05) is 248 Å². The number of hydrogen-bond donors (Lipinski definition) is 0. The van der Waals surface area contributed by atoms with Crippen LogP contribution in [0.2, 0.25) is 0 Å². The van der Waals surface area contributed by atoms with Crippen LogP contribution in [0.1, 0.15) is 248 Å². The van der Waals surface area contributed by atoms with E-state index >= 15 is 0 Å². The second-order valence-electron chi connectivity index (χ2n) is 15.8. The molecule has 5 saturated carbocycles. The summed E-state index contributed by atoms with van der Waals surface area (Å²) >= 11 is 0. The molecule has 0 radical (unpaired) electrons. The highest BCUT2D eigenvalue weighted by Crippen LogP contribution is 2.36. The Hall–Kier alpha value is 0. The molecule has 5 aliphatic rings. The summed E-state index contributed by atoms with van der Waals surface area (Å²) in [6.07, 6.45) is 45.1. The Kier molecular flexibility index (Phi) is 32.9. The van der Waals surface area contributed by atoms with Crippen molar-refractivity contribution >= 4 is 0 Å². The average molecular weight is 619 g/mol. The molecule has 5 aliphatic carbocycles. The van der Waals surface area contributed by atoms with Crippen LogP contribution in [0.25, 0.3) is 0 Å². The fraction of sp³-hybridized carbons (Fsp3) is 1.00. The van der Waals surface area contributed by atoms with Crippen LogP contribution in [0.5, 0.6) is 0 Å². The molecule has 0 nitrogen and oxygen atoms in total. The van der Waals surface area contributed by atoms with Gasteiger partial charge in [0.25, 0.3) is 0 Å². The summed E-state index contributed by atoms with van der Waals surface area (Å²) < 4.78 is 0. The first-order valence-corrected chi connectivity index (χ1v) is 21.5. The van der Waals surface area contributed by atoms with Gasteiger partial charge in [0.2, 0.25) is 0 Å². The van der Waals surface area contributed by atoms with Crippen molar-refractivity contribution in [2.75, 3.05) is 0 Å². The Balaban J connectivity index is 0.000000583. The van der Waals surface area contributed by atoms with Gasteiger partial charge in [-0.25, -0.2) is 0 Å². The van der Waals surface area contributed by atoms with Crippen LogP contribution >= 0.6 is 0 Å². The monoisotopic (exact) mass is 619 g/mol. The largest absolute Gasteiger partial charge is 0.0683 e. The van der Waals surface area contributed by atoms with E-state index in [2.05, 4.69) is 27.7 Å². The molecule has 44 heavy (non-hydrogen) atoms. The molecule has 0 saturated heterocycles. The normalized spacial score (nSPS) is 26.7. The summed E-state index contributed by atoms with van der Waals surface area (Å²) in [5, 5.41) is 0. The zero-order valence-corrected chi connectivity index (χ0v) is 32.7. The molecule has 0 unspecified atom stereocenters. The zero-order chi connectivity index (χ0) is 32.7. The molecule has 0 aromatic heterocycles. The summed E-state index contributed by atoms with van der Waals surface area (Å²) in [4.78, 5) is 0. The maximum Gasteiger partial charge on any atom is -0.0386 e. The van der Waals surface area contributed by atoms with Gasteiger partial charge in [0.1, 0.15) is 0 Å². The molecule has 0 aliphatic heterocycles. The van der Waals surface area contributed by atoms with Crippen molar-refractivity contribution in [1.82, 2.24) is 0 Å². The maximum atomic E-state index is 2.45. The van der Waals surface area contributed by atoms with Crippen LogP contribution in [0, 0.1) is 35.5 Å². The Morgan fingerprint density at radius 3 is 0.614 bits per heavy atom. The lowest BCUT2D eigenvalue weighted by molar-refractivity contribution is 0.210. The summed E-state index contributed by atoms with van der Waals surface area (Å²) in [5.41, 5.74) is 0. The van der Waals surface area contributed by atoms with Gasteiger partial charge < -0.3 is 0 Å². The molecular weight excluding hydrogens is 528 g/mol. The first-order valence-electron chi connectivity index (χ1n) is 21.5. The fourth-order valence-corrected chi connectivity index (χ4v) is 8.11. The standard InChI is InChI=1S/C17H32.2C9H18.C5H10.2C2H6/c1-15-9-7-13-17(14-8-10-15)16-11-5-3-2-4-6-12-16;2*1-9-7-5-3-2-4-6-8-9;1-5-3-2-4-5;2*1-2/h15-17H,2-14H2,1H3;2*9H,2-8H2,1H3;5H,2-4H2,1H3;2*1-2H3. The van der Waals surface area contributed by atoms with Crippen molar-refractivity contribution in [3.63, 3.8) is 0 Å². The Bertz CT molecular complexity index is 478. The minimum absolute atomic E-state index is 1.01. The fourth-order valence-electron chi connectivity index (χ4n) is 8.11. The second kappa shape index (κ2) is 32.9. The van der Waals surface area contributed by atoms with E-state index in [0.717, 1.165) is 35.5 Å². The van der Waals surface area contributed by atoms with Crippen molar-refractivity contribution < 1.29 is 0 Å². The molecule has 0 atom stereocenters. The van der Waals surface area contributed by atoms with Crippen LogP contribution in [0.15, 0.2) is 0 Å². The van der Waals surface area contributed by atoms with Crippen LogP contribution in [0.3, 0.4) is 0 Å². The van der Waals surface area contributed by atoms with Crippen molar-refractivity contribution in [3.05, 3.63) is 0 Å². The molecule has 0 heteroatoms. The van der Waals surface area contributed by atoms with E-state index in [-0.39, 0.29) is 0 Å². The van der Waals surface area contributed by atoms with Gasteiger partial charge in [-0.2, -0.15) is 0 Å². The highest BCUT2D eigenvalue weighted by molar-refractivity contribution is 4.75. The van der Waals surface area contributed by atoms with Crippen molar-refractivity contribution in [2.45, 2.75) is 248 Å². The lowest BCUT2D eigenvalue weighted by Gasteiger charge is -2.31. The highest BCUT2D eigenvalue weighted by Gasteiger charge is 2.23. The molecule has 0 aromatic carbocycles. The second-order valence-corrected chi connectivity index (χ2v) is 15.8. The number of hydrogen-bond acceptors (Lipinski definition) is 0. The van der Waals surface area contributed by atoms with E-state index in [1.54, 1.807) is 25.7 Å². The molecule has 5 fully saturated rings. The molecule has 5 rings (SSSR count). The predicted octanol–water partition coefficient (Wildman–Crippen LogP) is 16.5. The van der Waals surface area contributed by atoms with Crippen molar-refractivity contribution in [3.8, 4) is 0 Å². The SMILES string of the molecule is CC.CC.CC1CCC1.CC1CCCC(C2CCCCCCC2)CCC1.CC1CCCCCCC1.CC1CCCCCCC1. The smallest absolute Gasteiger partial charge is 0.0386 e. The Morgan fingerprint density at radius 1 is 0.205 bits per heavy atom. The predicted molar refractivity (Wildman–Crippen MR) is 205 cm³/mol. The molecule has 0 spiro atoms. The van der Waals surface area contributed by atoms with Gasteiger partial charge in [0, 0.05) is 0 Å². The van der Waals surface area contributed by atoms with Gasteiger partial charge in [0.05, 0.1) is 0 Å². The summed E-state index contributed by atoms with van der Waals surface area (Å²) in [6.45, 7) is 17.6. The van der Waals surface area contributed by atoms with Crippen LogP contribution in [-0.4, -0.2) is 0 Å². The third kappa shape index (κ3) is 26.1. The van der Waals surface area contributed by atoms with Gasteiger partial charge >= 0.3 is 0 Å². The first kappa shape index (κ1) is 44.0. The minimum atomic E-state index is 1.01. The molecule has 0 N–H and O–H groups in total. The van der Waals surface area contributed by atoms with E-state index in [1.165, 1.54) is 167 Å². The van der Waals surface area contributed by atoms with E-state index < -0.39 is 0 Å².